The van der Waals surface area contributed by atoms with Gasteiger partial charge in [0.05, 0.1) is 12.2 Å². The number of halogens is 1. The molecule has 2 rings (SSSR count). The molecule has 3 heteroatoms. The van der Waals surface area contributed by atoms with Gasteiger partial charge in [0.25, 0.3) is 0 Å². The zero-order chi connectivity index (χ0) is 11.4. The fourth-order valence-electron chi connectivity index (χ4n) is 1.51. The molecule has 0 saturated carbocycles. The number of benzene rings is 2. The van der Waals surface area contributed by atoms with Crippen LogP contribution in [0.4, 0.5) is 15.9 Å². The van der Waals surface area contributed by atoms with Crippen molar-refractivity contribution in [1.29, 1.82) is 0 Å². The van der Waals surface area contributed by atoms with E-state index in [1.165, 1.54) is 0 Å². The standard InChI is InChI=1S/C13H13FN2/c14-16(10-11-5-2-1-3-6-11)13-8-4-7-12(15)9-13/h1-9H,10,15H2. The Bertz CT molecular complexity index is 456. The molecular formula is C13H13FN2. The van der Waals surface area contributed by atoms with Crippen LogP contribution in [0.15, 0.2) is 54.6 Å². The monoisotopic (exact) mass is 216 g/mol. The maximum absolute atomic E-state index is 13.8. The molecule has 0 atom stereocenters. The summed E-state index contributed by atoms with van der Waals surface area (Å²) in [6.45, 7) is 0.226. The molecule has 2 N–H and O–H groups in total. The molecular weight excluding hydrogens is 203 g/mol. The average molecular weight is 216 g/mol. The fraction of sp³-hybridized carbons (Fsp3) is 0.0769. The van der Waals surface area contributed by atoms with Gasteiger partial charge in [-0.05, 0) is 23.8 Å². The summed E-state index contributed by atoms with van der Waals surface area (Å²) in [7, 11) is 0. The number of nitrogen functional groups attached to an aromatic ring is 1. The van der Waals surface area contributed by atoms with Crippen molar-refractivity contribution < 1.29 is 4.48 Å². The molecule has 0 spiro atoms. The molecule has 2 aromatic carbocycles. The predicted octanol–water partition coefficient (Wildman–Crippen LogP) is 3.16. The lowest BCUT2D eigenvalue weighted by molar-refractivity contribution is 0.430. The number of anilines is 2. The third-order valence-corrected chi connectivity index (χ3v) is 2.31. The molecule has 0 unspecified atom stereocenters. The number of rotatable bonds is 3. The molecule has 0 amide bonds. The SMILES string of the molecule is Nc1cccc(N(F)Cc2ccccc2)c1. The van der Waals surface area contributed by atoms with Gasteiger partial charge in [-0.25, -0.2) is 5.12 Å². The van der Waals surface area contributed by atoms with E-state index in [9.17, 15) is 4.48 Å². The maximum atomic E-state index is 13.8. The van der Waals surface area contributed by atoms with Crippen LogP contribution in [0.25, 0.3) is 0 Å². The highest BCUT2D eigenvalue weighted by molar-refractivity contribution is 5.54. The van der Waals surface area contributed by atoms with E-state index < -0.39 is 0 Å². The van der Waals surface area contributed by atoms with Crippen LogP contribution < -0.4 is 10.9 Å². The first-order valence-electron chi connectivity index (χ1n) is 5.08. The van der Waals surface area contributed by atoms with Crippen molar-refractivity contribution in [2.75, 3.05) is 10.9 Å². The summed E-state index contributed by atoms with van der Waals surface area (Å²) in [5.74, 6) is 0. The Kier molecular flexibility index (Phi) is 3.05. The second-order valence-electron chi connectivity index (χ2n) is 3.60. The predicted molar refractivity (Wildman–Crippen MR) is 64.6 cm³/mol. The second kappa shape index (κ2) is 4.66. The highest BCUT2D eigenvalue weighted by Gasteiger charge is 2.05. The summed E-state index contributed by atoms with van der Waals surface area (Å²) in [5.41, 5.74) is 7.56. The van der Waals surface area contributed by atoms with Crippen molar-refractivity contribution in [3.8, 4) is 0 Å². The number of nitrogens with zero attached hydrogens (tertiary/aromatic N) is 1. The quantitative estimate of drug-likeness (QED) is 0.630. The Morgan fingerprint density at radius 2 is 1.75 bits per heavy atom. The Morgan fingerprint density at radius 1 is 1.00 bits per heavy atom. The van der Waals surface area contributed by atoms with E-state index in [1.807, 2.05) is 30.3 Å². The van der Waals surface area contributed by atoms with Gasteiger partial charge in [-0.1, -0.05) is 40.9 Å². The third-order valence-electron chi connectivity index (χ3n) is 2.31. The van der Waals surface area contributed by atoms with Gasteiger partial charge >= 0.3 is 0 Å². The number of hydrogen-bond donors (Lipinski definition) is 1. The molecule has 82 valence electrons. The van der Waals surface area contributed by atoms with Crippen molar-refractivity contribution in [2.24, 2.45) is 0 Å². The molecule has 0 aliphatic carbocycles. The molecule has 0 heterocycles. The van der Waals surface area contributed by atoms with Crippen molar-refractivity contribution in [2.45, 2.75) is 6.54 Å². The second-order valence-corrected chi connectivity index (χ2v) is 3.60. The van der Waals surface area contributed by atoms with Crippen LogP contribution in [-0.4, -0.2) is 0 Å². The van der Waals surface area contributed by atoms with E-state index in [0.29, 0.717) is 16.5 Å². The fourth-order valence-corrected chi connectivity index (χ4v) is 1.51. The first-order chi connectivity index (χ1) is 7.75. The molecule has 0 bridgehead atoms. The van der Waals surface area contributed by atoms with Crippen molar-refractivity contribution in [3.63, 3.8) is 0 Å². The van der Waals surface area contributed by atoms with Crippen molar-refractivity contribution in [3.05, 3.63) is 60.2 Å². The third kappa shape index (κ3) is 2.51. The Morgan fingerprint density at radius 3 is 2.44 bits per heavy atom. The van der Waals surface area contributed by atoms with E-state index in [1.54, 1.807) is 24.3 Å². The van der Waals surface area contributed by atoms with Crippen LogP contribution in [0, 0.1) is 0 Å². The van der Waals surface area contributed by atoms with E-state index in [-0.39, 0.29) is 6.54 Å². The first kappa shape index (κ1) is 10.5. The van der Waals surface area contributed by atoms with Crippen LogP contribution >= 0.6 is 0 Å². The van der Waals surface area contributed by atoms with Crippen LogP contribution in [0.3, 0.4) is 0 Å². The largest absolute Gasteiger partial charge is 0.399 e. The molecule has 0 radical (unpaired) electrons. The summed E-state index contributed by atoms with van der Waals surface area (Å²) in [6.07, 6.45) is 0. The average Bonchev–Trinajstić information content (AvgIpc) is 2.30. The molecule has 2 nitrogen and oxygen atoms in total. The Balaban J connectivity index is 2.12. The smallest absolute Gasteiger partial charge is 0.0756 e. The normalized spacial score (nSPS) is 10.1. The highest BCUT2D eigenvalue weighted by Crippen LogP contribution is 2.19. The van der Waals surface area contributed by atoms with Gasteiger partial charge in [-0.15, -0.1) is 0 Å². The summed E-state index contributed by atoms with van der Waals surface area (Å²) in [5, 5.41) is 0.686. The number of nitrogens with two attached hydrogens (primary N) is 1. The first-order valence-corrected chi connectivity index (χ1v) is 5.08. The highest BCUT2D eigenvalue weighted by atomic mass is 19.2. The van der Waals surface area contributed by atoms with E-state index in [2.05, 4.69) is 0 Å². The summed E-state index contributed by atoms with van der Waals surface area (Å²) in [6, 6.07) is 16.2. The molecule has 0 aliphatic heterocycles. The van der Waals surface area contributed by atoms with Gasteiger partial charge < -0.3 is 5.73 Å². The van der Waals surface area contributed by atoms with Gasteiger partial charge in [0.15, 0.2) is 0 Å². The van der Waals surface area contributed by atoms with Gasteiger partial charge in [0.1, 0.15) is 0 Å². The van der Waals surface area contributed by atoms with Gasteiger partial charge in [0.2, 0.25) is 0 Å². The van der Waals surface area contributed by atoms with E-state index in [4.69, 9.17) is 5.73 Å². The van der Waals surface area contributed by atoms with Gasteiger partial charge in [-0.2, -0.15) is 0 Å². The lowest BCUT2D eigenvalue weighted by Crippen LogP contribution is -2.11. The maximum Gasteiger partial charge on any atom is 0.0756 e. The topological polar surface area (TPSA) is 29.3 Å². The van der Waals surface area contributed by atoms with Crippen LogP contribution in [0.1, 0.15) is 5.56 Å². The van der Waals surface area contributed by atoms with Gasteiger partial charge in [-0.3, -0.25) is 0 Å². The molecule has 0 aliphatic rings. The van der Waals surface area contributed by atoms with Crippen LogP contribution in [0.5, 0.6) is 0 Å². The molecule has 0 saturated heterocycles. The Hall–Kier alpha value is -2.03. The molecule has 2 aromatic rings. The van der Waals surface area contributed by atoms with E-state index >= 15 is 0 Å². The zero-order valence-electron chi connectivity index (χ0n) is 8.81. The molecule has 0 fully saturated rings. The lowest BCUT2D eigenvalue weighted by atomic mass is 10.2. The number of hydrogen-bond acceptors (Lipinski definition) is 2. The summed E-state index contributed by atoms with van der Waals surface area (Å²) >= 11 is 0. The van der Waals surface area contributed by atoms with Crippen molar-refractivity contribution >= 4 is 11.4 Å². The van der Waals surface area contributed by atoms with Crippen molar-refractivity contribution in [1.82, 2.24) is 0 Å². The molecule has 0 aromatic heterocycles. The Labute approximate surface area is 94.1 Å². The van der Waals surface area contributed by atoms with Crippen LogP contribution in [-0.2, 0) is 6.54 Å². The minimum Gasteiger partial charge on any atom is -0.399 e. The minimum atomic E-state index is 0.226. The minimum absolute atomic E-state index is 0.226. The van der Waals surface area contributed by atoms with Gasteiger partial charge in [0, 0.05) is 5.69 Å². The molecule has 16 heavy (non-hydrogen) atoms. The lowest BCUT2D eigenvalue weighted by Gasteiger charge is -2.14. The summed E-state index contributed by atoms with van der Waals surface area (Å²) in [4.78, 5) is 0. The summed E-state index contributed by atoms with van der Waals surface area (Å²) < 4.78 is 13.8. The zero-order valence-corrected chi connectivity index (χ0v) is 8.81. The van der Waals surface area contributed by atoms with Crippen LogP contribution in [0.2, 0.25) is 0 Å². The van der Waals surface area contributed by atoms with E-state index in [0.717, 1.165) is 5.56 Å².